The van der Waals surface area contributed by atoms with Crippen LogP contribution >= 0.6 is 46.6 Å². The zero-order valence-electron chi connectivity index (χ0n) is 13.5. The second-order valence-electron chi connectivity index (χ2n) is 5.34. The van der Waals surface area contributed by atoms with Gasteiger partial charge in [-0.2, -0.15) is 0 Å². The summed E-state index contributed by atoms with van der Waals surface area (Å²) in [6, 6.07) is 12.3. The summed E-state index contributed by atoms with van der Waals surface area (Å²) >= 11 is 19.2. The number of carbonyl (C=O) groups is 1. The van der Waals surface area contributed by atoms with Crippen LogP contribution in [0, 0.1) is 0 Å². The molecule has 0 aliphatic heterocycles. The highest BCUT2D eigenvalue weighted by Crippen LogP contribution is 2.27. The summed E-state index contributed by atoms with van der Waals surface area (Å²) in [5, 5.41) is 13.2. The first-order valence-corrected chi connectivity index (χ1v) is 9.59. The van der Waals surface area contributed by atoms with Crippen molar-refractivity contribution < 1.29 is 4.79 Å². The molecular weight excluding hydrogens is 415 g/mol. The molecule has 26 heavy (non-hydrogen) atoms. The molecule has 3 aromatic rings. The van der Waals surface area contributed by atoms with Gasteiger partial charge in [0.25, 0.3) is 0 Å². The number of amides is 1. The Bertz CT molecular complexity index is 961. The Morgan fingerprint density at radius 2 is 1.88 bits per heavy atom. The van der Waals surface area contributed by atoms with Crippen molar-refractivity contribution >= 4 is 58.2 Å². The number of aromatic nitrogens is 3. The van der Waals surface area contributed by atoms with E-state index in [0.717, 1.165) is 5.56 Å². The number of hydrogen-bond acceptors (Lipinski definition) is 4. The molecule has 0 aliphatic carbocycles. The van der Waals surface area contributed by atoms with Crippen molar-refractivity contribution in [2.45, 2.75) is 5.16 Å². The molecule has 2 aromatic carbocycles. The van der Waals surface area contributed by atoms with Crippen LogP contribution in [0.3, 0.4) is 0 Å². The Kier molecular flexibility index (Phi) is 6.09. The third kappa shape index (κ3) is 4.51. The summed E-state index contributed by atoms with van der Waals surface area (Å²) in [4.78, 5) is 12.2. The van der Waals surface area contributed by atoms with Gasteiger partial charge in [0.15, 0.2) is 11.0 Å². The number of thioether (sulfide) groups is 1. The van der Waals surface area contributed by atoms with Gasteiger partial charge >= 0.3 is 0 Å². The second-order valence-corrected chi connectivity index (χ2v) is 7.56. The van der Waals surface area contributed by atoms with Gasteiger partial charge in [0.2, 0.25) is 5.91 Å². The predicted molar refractivity (Wildman–Crippen MR) is 107 cm³/mol. The lowest BCUT2D eigenvalue weighted by molar-refractivity contribution is -0.113. The maximum Gasteiger partial charge on any atom is 0.234 e. The van der Waals surface area contributed by atoms with E-state index in [1.54, 1.807) is 24.3 Å². The Morgan fingerprint density at radius 3 is 2.62 bits per heavy atom. The molecule has 9 heteroatoms. The molecular formula is C17H13Cl3N4OS. The summed E-state index contributed by atoms with van der Waals surface area (Å²) in [6.45, 7) is 0. The Hall–Kier alpha value is -1.73. The summed E-state index contributed by atoms with van der Waals surface area (Å²) in [6.07, 6.45) is 0. The largest absolute Gasteiger partial charge is 0.324 e. The monoisotopic (exact) mass is 426 g/mol. The van der Waals surface area contributed by atoms with E-state index < -0.39 is 0 Å². The lowest BCUT2D eigenvalue weighted by Crippen LogP contribution is -2.14. The van der Waals surface area contributed by atoms with Gasteiger partial charge in [-0.1, -0.05) is 58.7 Å². The average Bonchev–Trinajstić information content (AvgIpc) is 2.96. The smallest absolute Gasteiger partial charge is 0.234 e. The SMILES string of the molecule is Cn1c(SCC(=O)Nc2ccc(Cl)cc2Cl)nnc1-c1cccc(Cl)c1. The summed E-state index contributed by atoms with van der Waals surface area (Å²) < 4.78 is 1.82. The number of nitrogens with one attached hydrogen (secondary N) is 1. The van der Waals surface area contributed by atoms with Crippen molar-refractivity contribution in [3.05, 3.63) is 57.5 Å². The van der Waals surface area contributed by atoms with Crippen molar-refractivity contribution in [1.82, 2.24) is 14.8 Å². The minimum absolute atomic E-state index is 0.167. The Balaban J connectivity index is 1.66. The Labute approximate surface area is 169 Å². The van der Waals surface area contributed by atoms with Crippen molar-refractivity contribution in [1.29, 1.82) is 0 Å². The van der Waals surface area contributed by atoms with E-state index in [9.17, 15) is 4.79 Å². The number of carbonyl (C=O) groups excluding carboxylic acids is 1. The lowest BCUT2D eigenvalue weighted by atomic mass is 10.2. The van der Waals surface area contributed by atoms with Gasteiger partial charge in [-0.3, -0.25) is 4.79 Å². The molecule has 1 heterocycles. The first kappa shape index (κ1) is 19.0. The van der Waals surface area contributed by atoms with Crippen molar-refractivity contribution in [2.75, 3.05) is 11.1 Å². The minimum atomic E-state index is -0.202. The van der Waals surface area contributed by atoms with Crippen LogP contribution in [-0.2, 0) is 11.8 Å². The highest BCUT2D eigenvalue weighted by molar-refractivity contribution is 7.99. The fourth-order valence-electron chi connectivity index (χ4n) is 2.23. The van der Waals surface area contributed by atoms with Crippen LogP contribution in [0.2, 0.25) is 15.1 Å². The van der Waals surface area contributed by atoms with Gasteiger partial charge < -0.3 is 9.88 Å². The molecule has 0 saturated carbocycles. The number of anilines is 1. The highest BCUT2D eigenvalue weighted by Gasteiger charge is 2.14. The van der Waals surface area contributed by atoms with E-state index in [2.05, 4.69) is 15.5 Å². The molecule has 1 N–H and O–H groups in total. The van der Waals surface area contributed by atoms with Crippen LogP contribution in [0.25, 0.3) is 11.4 Å². The molecule has 0 atom stereocenters. The maximum absolute atomic E-state index is 12.2. The van der Waals surface area contributed by atoms with Gasteiger partial charge in [-0.05, 0) is 30.3 Å². The number of benzene rings is 2. The molecule has 3 rings (SSSR count). The van der Waals surface area contributed by atoms with Crippen molar-refractivity contribution in [3.8, 4) is 11.4 Å². The van der Waals surface area contributed by atoms with E-state index in [0.29, 0.717) is 31.7 Å². The lowest BCUT2D eigenvalue weighted by Gasteiger charge is -2.07. The molecule has 0 radical (unpaired) electrons. The van der Waals surface area contributed by atoms with Crippen LogP contribution in [0.4, 0.5) is 5.69 Å². The van der Waals surface area contributed by atoms with Crippen molar-refractivity contribution in [3.63, 3.8) is 0 Å². The van der Waals surface area contributed by atoms with Gasteiger partial charge in [-0.25, -0.2) is 0 Å². The van der Waals surface area contributed by atoms with E-state index >= 15 is 0 Å². The summed E-state index contributed by atoms with van der Waals surface area (Å²) in [7, 11) is 1.84. The zero-order valence-corrected chi connectivity index (χ0v) is 16.6. The molecule has 0 saturated heterocycles. The summed E-state index contributed by atoms with van der Waals surface area (Å²) in [5.41, 5.74) is 1.37. The van der Waals surface area contributed by atoms with Gasteiger partial charge in [0, 0.05) is 22.7 Å². The quantitative estimate of drug-likeness (QED) is 0.570. The van der Waals surface area contributed by atoms with Crippen LogP contribution in [0.5, 0.6) is 0 Å². The standard InChI is InChI=1S/C17H13Cl3N4OS/c1-24-16(10-3-2-4-11(18)7-10)22-23-17(24)26-9-15(25)21-14-6-5-12(19)8-13(14)20/h2-8H,9H2,1H3,(H,21,25). The van der Waals surface area contributed by atoms with Crippen LogP contribution < -0.4 is 5.32 Å². The van der Waals surface area contributed by atoms with Crippen LogP contribution in [0.1, 0.15) is 0 Å². The van der Waals surface area contributed by atoms with Crippen molar-refractivity contribution in [2.24, 2.45) is 7.05 Å². The Morgan fingerprint density at radius 1 is 1.12 bits per heavy atom. The first-order chi connectivity index (χ1) is 12.4. The second kappa shape index (κ2) is 8.31. The zero-order chi connectivity index (χ0) is 18.7. The van der Waals surface area contributed by atoms with Crippen LogP contribution in [0.15, 0.2) is 47.6 Å². The third-order valence-electron chi connectivity index (χ3n) is 3.46. The van der Waals surface area contributed by atoms with E-state index in [-0.39, 0.29) is 11.7 Å². The molecule has 0 bridgehead atoms. The molecule has 0 aliphatic rings. The fourth-order valence-corrected chi connectivity index (χ4v) is 3.58. The number of nitrogens with zero attached hydrogens (tertiary/aromatic N) is 3. The van der Waals surface area contributed by atoms with E-state index in [1.807, 2.05) is 29.8 Å². The van der Waals surface area contributed by atoms with Gasteiger partial charge in [0.1, 0.15) is 0 Å². The molecule has 5 nitrogen and oxygen atoms in total. The molecule has 134 valence electrons. The minimum Gasteiger partial charge on any atom is -0.324 e. The average molecular weight is 428 g/mol. The highest BCUT2D eigenvalue weighted by atomic mass is 35.5. The summed E-state index contributed by atoms with van der Waals surface area (Å²) in [5.74, 6) is 0.642. The molecule has 0 fully saturated rings. The third-order valence-corrected chi connectivity index (χ3v) is 5.26. The predicted octanol–water partition coefficient (Wildman–Crippen LogP) is 5.17. The van der Waals surface area contributed by atoms with Gasteiger partial charge in [-0.15, -0.1) is 10.2 Å². The topological polar surface area (TPSA) is 59.8 Å². The van der Waals surface area contributed by atoms with Gasteiger partial charge in [0.05, 0.1) is 16.5 Å². The molecule has 1 aromatic heterocycles. The number of hydrogen-bond donors (Lipinski definition) is 1. The number of halogens is 3. The van der Waals surface area contributed by atoms with Crippen LogP contribution in [-0.4, -0.2) is 26.4 Å². The molecule has 0 unspecified atom stereocenters. The maximum atomic E-state index is 12.2. The molecule has 0 spiro atoms. The molecule has 1 amide bonds. The first-order valence-electron chi connectivity index (χ1n) is 7.47. The van der Waals surface area contributed by atoms with E-state index in [4.69, 9.17) is 34.8 Å². The fraction of sp³-hybridized carbons (Fsp3) is 0.118. The number of rotatable bonds is 5. The normalized spacial score (nSPS) is 10.8. The van der Waals surface area contributed by atoms with E-state index in [1.165, 1.54) is 11.8 Å².